The number of aliphatic hydroxyl groups is 1. The molecule has 1 N–H and O–H groups in total. The Morgan fingerprint density at radius 2 is 0.900 bits per heavy atom. The van der Waals surface area contributed by atoms with E-state index < -0.39 is 6.10 Å². The lowest BCUT2D eigenvalue weighted by atomic mass is 9.78. The zero-order chi connectivity index (χ0) is 20.9. The molecule has 0 radical (unpaired) electrons. The Hall–Kier alpha value is -3.16. The van der Waals surface area contributed by atoms with E-state index in [2.05, 4.69) is 92.7 Å². The Morgan fingerprint density at radius 3 is 1.43 bits per heavy atom. The first-order valence-corrected chi connectivity index (χ1v) is 10.6. The molecule has 0 saturated carbocycles. The van der Waals surface area contributed by atoms with Crippen molar-refractivity contribution in [1.82, 2.24) is 0 Å². The zero-order valence-electron chi connectivity index (χ0n) is 17.6. The molecule has 0 aliphatic carbocycles. The maximum absolute atomic E-state index is 10.8. The van der Waals surface area contributed by atoms with E-state index in [1.807, 2.05) is 30.3 Å². The molecule has 0 saturated heterocycles. The van der Waals surface area contributed by atoms with Gasteiger partial charge in [-0.15, -0.1) is 0 Å². The SMILES string of the molecule is Cc1ccc(C(c2ccc(C(O)c3ccccc3)cc2)C(C)c2ccccc2)cc1. The van der Waals surface area contributed by atoms with Crippen molar-refractivity contribution in [2.24, 2.45) is 0 Å². The van der Waals surface area contributed by atoms with Crippen LogP contribution in [0.25, 0.3) is 0 Å². The highest BCUT2D eigenvalue weighted by atomic mass is 16.3. The third-order valence-corrected chi connectivity index (χ3v) is 5.99. The molecule has 0 aliphatic rings. The van der Waals surface area contributed by atoms with Gasteiger partial charge in [-0.25, -0.2) is 0 Å². The van der Waals surface area contributed by atoms with E-state index in [-0.39, 0.29) is 5.92 Å². The van der Waals surface area contributed by atoms with Gasteiger partial charge in [0.25, 0.3) is 0 Å². The molecule has 30 heavy (non-hydrogen) atoms. The van der Waals surface area contributed by atoms with Crippen molar-refractivity contribution in [2.75, 3.05) is 0 Å². The van der Waals surface area contributed by atoms with Crippen LogP contribution in [-0.4, -0.2) is 5.11 Å². The van der Waals surface area contributed by atoms with Gasteiger partial charge in [-0.2, -0.15) is 0 Å². The van der Waals surface area contributed by atoms with Crippen LogP contribution in [0.5, 0.6) is 0 Å². The lowest BCUT2D eigenvalue weighted by Crippen LogP contribution is -2.11. The maximum Gasteiger partial charge on any atom is 0.104 e. The quantitative estimate of drug-likeness (QED) is 0.374. The first-order chi connectivity index (χ1) is 14.6. The van der Waals surface area contributed by atoms with Crippen LogP contribution < -0.4 is 0 Å². The molecule has 0 spiro atoms. The van der Waals surface area contributed by atoms with Crippen molar-refractivity contribution < 1.29 is 5.11 Å². The fraction of sp³-hybridized carbons (Fsp3) is 0.172. The molecule has 150 valence electrons. The first kappa shape index (κ1) is 20.1. The van der Waals surface area contributed by atoms with Gasteiger partial charge in [-0.1, -0.05) is 122 Å². The Kier molecular flexibility index (Phi) is 6.11. The van der Waals surface area contributed by atoms with Gasteiger partial charge in [0.1, 0.15) is 6.10 Å². The predicted molar refractivity (Wildman–Crippen MR) is 125 cm³/mol. The lowest BCUT2D eigenvalue weighted by Gasteiger charge is -2.26. The summed E-state index contributed by atoms with van der Waals surface area (Å²) in [4.78, 5) is 0. The average Bonchev–Trinajstić information content (AvgIpc) is 2.81. The van der Waals surface area contributed by atoms with E-state index in [1.165, 1.54) is 22.3 Å². The highest BCUT2D eigenvalue weighted by Crippen LogP contribution is 2.38. The van der Waals surface area contributed by atoms with Crippen molar-refractivity contribution in [1.29, 1.82) is 0 Å². The van der Waals surface area contributed by atoms with Crippen LogP contribution in [0.1, 0.15) is 58.2 Å². The Morgan fingerprint density at radius 1 is 0.500 bits per heavy atom. The van der Waals surface area contributed by atoms with Crippen LogP contribution in [0.4, 0.5) is 0 Å². The molecule has 0 aliphatic heterocycles. The van der Waals surface area contributed by atoms with Gasteiger partial charge < -0.3 is 5.11 Å². The molecule has 0 amide bonds. The van der Waals surface area contributed by atoms with Gasteiger partial charge in [0.2, 0.25) is 0 Å². The smallest absolute Gasteiger partial charge is 0.104 e. The third-order valence-electron chi connectivity index (χ3n) is 5.99. The van der Waals surface area contributed by atoms with Gasteiger partial charge in [0.05, 0.1) is 0 Å². The molecule has 0 bridgehead atoms. The minimum Gasteiger partial charge on any atom is -0.384 e. The highest BCUT2D eigenvalue weighted by Gasteiger charge is 2.23. The number of aryl methyl sites for hydroxylation is 1. The van der Waals surface area contributed by atoms with Crippen molar-refractivity contribution in [3.63, 3.8) is 0 Å². The molecular formula is C29H28O. The highest BCUT2D eigenvalue weighted by molar-refractivity contribution is 5.41. The molecule has 4 rings (SSSR count). The molecular weight excluding hydrogens is 364 g/mol. The summed E-state index contributed by atoms with van der Waals surface area (Å²) >= 11 is 0. The molecule has 3 atom stereocenters. The number of hydrogen-bond donors (Lipinski definition) is 1. The molecule has 4 aromatic carbocycles. The van der Waals surface area contributed by atoms with Crippen LogP contribution in [0.2, 0.25) is 0 Å². The molecule has 0 fully saturated rings. The fourth-order valence-corrected chi connectivity index (χ4v) is 4.21. The minimum atomic E-state index is -0.607. The van der Waals surface area contributed by atoms with E-state index in [9.17, 15) is 5.11 Å². The summed E-state index contributed by atoms with van der Waals surface area (Å²) in [5.41, 5.74) is 7.01. The summed E-state index contributed by atoms with van der Waals surface area (Å²) < 4.78 is 0. The van der Waals surface area contributed by atoms with Crippen molar-refractivity contribution in [3.8, 4) is 0 Å². The van der Waals surface area contributed by atoms with E-state index in [0.717, 1.165) is 11.1 Å². The second kappa shape index (κ2) is 9.11. The zero-order valence-corrected chi connectivity index (χ0v) is 17.6. The van der Waals surface area contributed by atoms with E-state index in [1.54, 1.807) is 0 Å². The van der Waals surface area contributed by atoms with Crippen molar-refractivity contribution in [2.45, 2.75) is 31.8 Å². The number of hydrogen-bond acceptors (Lipinski definition) is 1. The molecule has 3 unspecified atom stereocenters. The summed E-state index contributed by atoms with van der Waals surface area (Å²) in [6.45, 7) is 4.42. The van der Waals surface area contributed by atoms with Crippen LogP contribution in [0, 0.1) is 6.92 Å². The number of benzene rings is 4. The summed E-state index contributed by atoms with van der Waals surface area (Å²) in [7, 11) is 0. The Labute approximate surface area is 179 Å². The average molecular weight is 393 g/mol. The summed E-state index contributed by atoms with van der Waals surface area (Å²) in [6.07, 6.45) is -0.607. The lowest BCUT2D eigenvalue weighted by molar-refractivity contribution is 0.220. The van der Waals surface area contributed by atoms with Gasteiger partial charge in [0, 0.05) is 5.92 Å². The van der Waals surface area contributed by atoms with Gasteiger partial charge in [0.15, 0.2) is 0 Å². The van der Waals surface area contributed by atoms with E-state index in [0.29, 0.717) is 5.92 Å². The standard InChI is InChI=1S/C29H28O/c1-21-13-15-24(16-14-21)28(22(2)23-9-5-3-6-10-23)25-17-19-27(20-18-25)29(30)26-11-7-4-8-12-26/h3-20,22,28-30H,1-2H3. The van der Waals surface area contributed by atoms with E-state index >= 15 is 0 Å². The van der Waals surface area contributed by atoms with E-state index in [4.69, 9.17) is 0 Å². The third kappa shape index (κ3) is 4.37. The molecule has 1 nitrogen and oxygen atoms in total. The van der Waals surface area contributed by atoms with Crippen LogP contribution in [0.3, 0.4) is 0 Å². The topological polar surface area (TPSA) is 20.2 Å². The number of aliphatic hydroxyl groups excluding tert-OH is 1. The normalized spacial score (nSPS) is 14.1. The van der Waals surface area contributed by atoms with Crippen LogP contribution in [-0.2, 0) is 0 Å². The maximum atomic E-state index is 10.8. The molecule has 1 heteroatoms. The van der Waals surface area contributed by atoms with Crippen molar-refractivity contribution in [3.05, 3.63) is 143 Å². The largest absolute Gasteiger partial charge is 0.384 e. The van der Waals surface area contributed by atoms with Gasteiger partial charge in [-0.3, -0.25) is 0 Å². The van der Waals surface area contributed by atoms with Crippen LogP contribution >= 0.6 is 0 Å². The minimum absolute atomic E-state index is 0.246. The monoisotopic (exact) mass is 392 g/mol. The molecule has 4 aromatic rings. The molecule has 0 heterocycles. The summed E-state index contributed by atoms with van der Waals surface area (Å²) in [5, 5.41) is 10.8. The van der Waals surface area contributed by atoms with Gasteiger partial charge in [-0.05, 0) is 40.7 Å². The second-order valence-electron chi connectivity index (χ2n) is 8.07. The fourth-order valence-electron chi connectivity index (χ4n) is 4.21. The summed E-state index contributed by atoms with van der Waals surface area (Å²) in [6, 6.07) is 37.8. The second-order valence-corrected chi connectivity index (χ2v) is 8.07. The van der Waals surface area contributed by atoms with Crippen LogP contribution in [0.15, 0.2) is 109 Å². The summed E-state index contributed by atoms with van der Waals surface area (Å²) in [5.74, 6) is 0.578. The Balaban J connectivity index is 1.69. The van der Waals surface area contributed by atoms with Crippen molar-refractivity contribution >= 4 is 0 Å². The molecule has 0 aromatic heterocycles. The Bertz CT molecular complexity index is 1050. The van der Waals surface area contributed by atoms with Gasteiger partial charge >= 0.3 is 0 Å². The number of rotatable bonds is 6. The first-order valence-electron chi connectivity index (χ1n) is 10.6. The predicted octanol–water partition coefficient (Wildman–Crippen LogP) is 7.01.